The van der Waals surface area contributed by atoms with E-state index in [1.165, 1.54) is 12.2 Å². The van der Waals surface area contributed by atoms with Gasteiger partial charge in [-0.25, -0.2) is 19.2 Å². The van der Waals surface area contributed by atoms with Crippen molar-refractivity contribution in [3.05, 3.63) is 107 Å². The zero-order chi connectivity index (χ0) is 40.5. The molecule has 14 heteroatoms. The van der Waals surface area contributed by atoms with Gasteiger partial charge in [0.05, 0.1) is 46.2 Å². The lowest BCUT2D eigenvalue weighted by Gasteiger charge is -2.17. The number of esters is 4. The lowest BCUT2D eigenvalue weighted by molar-refractivity contribution is -0.150. The molecule has 0 saturated carbocycles. The van der Waals surface area contributed by atoms with Crippen LogP contribution < -0.4 is 9.47 Å². The molecule has 294 valence electrons. The fourth-order valence-corrected chi connectivity index (χ4v) is 5.31. The van der Waals surface area contributed by atoms with Crippen molar-refractivity contribution in [2.45, 2.75) is 63.9 Å². The number of rotatable bonds is 20. The Labute approximate surface area is 325 Å². The van der Waals surface area contributed by atoms with Gasteiger partial charge in [-0.3, -0.25) is 4.79 Å². The van der Waals surface area contributed by atoms with E-state index in [1.807, 2.05) is 6.07 Å². The molecule has 2 fully saturated rings. The molecule has 0 amide bonds. The van der Waals surface area contributed by atoms with Crippen LogP contribution in [-0.2, 0) is 47.6 Å². The molecule has 0 aliphatic carbocycles. The van der Waals surface area contributed by atoms with Crippen LogP contribution in [0.2, 0.25) is 0 Å². The van der Waals surface area contributed by atoms with Gasteiger partial charge >= 0.3 is 23.9 Å². The molecule has 2 aliphatic rings. The van der Waals surface area contributed by atoms with Crippen LogP contribution in [0.1, 0.15) is 50.7 Å². The van der Waals surface area contributed by atoms with Gasteiger partial charge in [0.2, 0.25) is 0 Å². The van der Waals surface area contributed by atoms with Crippen LogP contribution in [0.25, 0.3) is 17.0 Å². The van der Waals surface area contributed by atoms with Gasteiger partial charge in [0, 0.05) is 11.1 Å². The maximum absolute atomic E-state index is 13.0. The van der Waals surface area contributed by atoms with Gasteiger partial charge in [-0.15, -0.1) is 0 Å². The molecule has 0 bridgehead atoms. The molecule has 4 rings (SSSR count). The highest BCUT2D eigenvalue weighted by atomic mass is 16.7. The summed E-state index contributed by atoms with van der Waals surface area (Å²) in [6.07, 6.45) is 2.20. The quantitative estimate of drug-likeness (QED) is 0.0400. The van der Waals surface area contributed by atoms with Crippen LogP contribution in [0.3, 0.4) is 0 Å². The molecular formula is C42H44N2O12. The SMILES string of the molecule is [C-]#[N+]/C(=C\c1ccc(OCCCCOC(=O)C(=C)C)cc1)C(=O)O[C@H]1CO[C@H]2[C@@H]1OC[C@H]2OC(=O)/C(C#N)=C/c1ccc(OCCCCOC(=O)C(=C)C)cc1. The van der Waals surface area contributed by atoms with E-state index in [1.54, 1.807) is 62.4 Å². The predicted molar refractivity (Wildman–Crippen MR) is 201 cm³/mol. The van der Waals surface area contributed by atoms with Gasteiger partial charge in [-0.05, 0) is 87.1 Å². The van der Waals surface area contributed by atoms with Crippen molar-refractivity contribution in [2.75, 3.05) is 39.6 Å². The van der Waals surface area contributed by atoms with Crippen molar-refractivity contribution in [2.24, 2.45) is 0 Å². The number of benzene rings is 2. The van der Waals surface area contributed by atoms with Crippen molar-refractivity contribution >= 4 is 36.0 Å². The van der Waals surface area contributed by atoms with E-state index >= 15 is 0 Å². The Kier molecular flexibility index (Phi) is 16.4. The highest BCUT2D eigenvalue weighted by Gasteiger charge is 2.51. The number of fused-ring (bicyclic) bond motifs is 1. The Morgan fingerprint density at radius 2 is 1.14 bits per heavy atom. The van der Waals surface area contributed by atoms with E-state index < -0.39 is 48.3 Å². The highest BCUT2D eigenvalue weighted by Crippen LogP contribution is 2.32. The van der Waals surface area contributed by atoms with Crippen molar-refractivity contribution in [1.29, 1.82) is 5.26 Å². The Morgan fingerprint density at radius 3 is 1.57 bits per heavy atom. The Balaban J connectivity index is 1.21. The van der Waals surface area contributed by atoms with Crippen LogP contribution >= 0.6 is 0 Å². The summed E-state index contributed by atoms with van der Waals surface area (Å²) in [5.41, 5.74) is 1.36. The number of nitriles is 1. The first-order valence-electron chi connectivity index (χ1n) is 18.0. The van der Waals surface area contributed by atoms with Crippen molar-refractivity contribution in [3.8, 4) is 17.6 Å². The number of ether oxygens (including phenoxy) is 8. The summed E-state index contributed by atoms with van der Waals surface area (Å²) in [6, 6.07) is 15.5. The van der Waals surface area contributed by atoms with Crippen LogP contribution in [-0.4, -0.2) is 87.9 Å². The molecule has 2 aromatic carbocycles. The van der Waals surface area contributed by atoms with Crippen LogP contribution in [0.15, 0.2) is 84.1 Å². The zero-order valence-corrected chi connectivity index (χ0v) is 31.4. The van der Waals surface area contributed by atoms with E-state index in [0.717, 1.165) is 0 Å². The topological polar surface area (TPSA) is 170 Å². The molecule has 2 saturated heterocycles. The van der Waals surface area contributed by atoms with E-state index in [0.29, 0.717) is 72.7 Å². The first-order valence-corrected chi connectivity index (χ1v) is 18.0. The smallest absolute Gasteiger partial charge is 0.349 e. The molecule has 0 radical (unpaired) electrons. The summed E-state index contributed by atoms with van der Waals surface area (Å²) in [6.45, 7) is 19.1. The van der Waals surface area contributed by atoms with Crippen LogP contribution in [0, 0.1) is 17.9 Å². The van der Waals surface area contributed by atoms with Gasteiger partial charge in [0.1, 0.15) is 35.3 Å². The number of carbonyl (C=O) groups is 4. The first-order chi connectivity index (χ1) is 27.0. The molecule has 4 atom stereocenters. The van der Waals surface area contributed by atoms with Crippen LogP contribution in [0.4, 0.5) is 0 Å². The molecule has 2 aliphatic heterocycles. The number of hydrogen-bond donors (Lipinski definition) is 0. The minimum absolute atomic E-state index is 0.0411. The maximum atomic E-state index is 13.0. The largest absolute Gasteiger partial charge is 0.494 e. The average Bonchev–Trinajstić information content (AvgIpc) is 3.78. The second kappa shape index (κ2) is 21.6. The van der Waals surface area contributed by atoms with E-state index in [-0.39, 0.29) is 37.7 Å². The third-order valence-electron chi connectivity index (χ3n) is 8.30. The summed E-state index contributed by atoms with van der Waals surface area (Å²) in [4.78, 5) is 52.1. The van der Waals surface area contributed by atoms with E-state index in [4.69, 9.17) is 44.5 Å². The molecule has 14 nitrogen and oxygen atoms in total. The highest BCUT2D eigenvalue weighted by molar-refractivity contribution is 5.98. The lowest BCUT2D eigenvalue weighted by atomic mass is 10.1. The minimum atomic E-state index is -0.866. The van der Waals surface area contributed by atoms with Gasteiger partial charge in [-0.1, -0.05) is 37.4 Å². The fourth-order valence-electron chi connectivity index (χ4n) is 5.31. The summed E-state index contributed by atoms with van der Waals surface area (Å²) < 4.78 is 44.3. The van der Waals surface area contributed by atoms with E-state index in [9.17, 15) is 24.4 Å². The molecule has 0 unspecified atom stereocenters. The Morgan fingerprint density at radius 1 is 0.714 bits per heavy atom. The summed E-state index contributed by atoms with van der Waals surface area (Å²) in [5, 5.41) is 9.70. The van der Waals surface area contributed by atoms with Gasteiger partial charge in [-0.2, -0.15) is 5.26 Å². The predicted octanol–water partition coefficient (Wildman–Crippen LogP) is 5.73. The normalized spacial score (nSPS) is 18.7. The van der Waals surface area contributed by atoms with Crippen molar-refractivity contribution in [3.63, 3.8) is 0 Å². The second-order valence-corrected chi connectivity index (χ2v) is 12.9. The maximum Gasteiger partial charge on any atom is 0.349 e. The second-order valence-electron chi connectivity index (χ2n) is 12.9. The standard InChI is InChI=1S/C42H44N2O12/c1-27(2)39(45)51-20-8-6-18-49-32-14-10-29(11-15-32)22-31(24-43)41(47)55-35-25-53-38-36(26-54-37(35)38)56-42(48)34(44-5)23-30-12-16-33(17-13-30)50-19-7-9-21-52-40(46)28(3)4/h10-17,22-23,35-38H,1,3,6-9,18-21,25-26H2,2,4H3/b31-22+,34-23-/t35-,36+,37-,38-/m1/s1. The van der Waals surface area contributed by atoms with Crippen LogP contribution in [0.5, 0.6) is 11.5 Å². The molecule has 0 N–H and O–H groups in total. The lowest BCUT2D eigenvalue weighted by Crippen LogP contribution is -2.36. The summed E-state index contributed by atoms with van der Waals surface area (Å²) in [7, 11) is 0. The van der Waals surface area contributed by atoms with Crippen molar-refractivity contribution in [1.82, 2.24) is 0 Å². The number of carbonyl (C=O) groups excluding carboxylic acids is 4. The average molecular weight is 769 g/mol. The number of unbranched alkanes of at least 4 members (excludes halogenated alkanes) is 2. The zero-order valence-electron chi connectivity index (χ0n) is 31.4. The van der Waals surface area contributed by atoms with Gasteiger partial charge < -0.3 is 37.9 Å². The minimum Gasteiger partial charge on any atom is -0.494 e. The van der Waals surface area contributed by atoms with E-state index in [2.05, 4.69) is 18.0 Å². The molecule has 0 aromatic heterocycles. The number of nitrogens with zero attached hydrogens (tertiary/aromatic N) is 2. The molecule has 2 aromatic rings. The molecule has 2 heterocycles. The molecule has 0 spiro atoms. The summed E-state index contributed by atoms with van der Waals surface area (Å²) in [5.74, 6) is -1.38. The molecular weight excluding hydrogens is 724 g/mol. The van der Waals surface area contributed by atoms with Gasteiger partial charge in [0.25, 0.3) is 5.70 Å². The number of hydrogen-bond acceptors (Lipinski definition) is 13. The third kappa shape index (κ3) is 13.0. The Bertz CT molecular complexity index is 1750. The first kappa shape index (κ1) is 42.5. The fraction of sp³-hybridized carbons (Fsp3) is 0.381. The summed E-state index contributed by atoms with van der Waals surface area (Å²) >= 11 is 0. The third-order valence-corrected chi connectivity index (χ3v) is 8.30. The van der Waals surface area contributed by atoms with Gasteiger partial charge in [0.15, 0.2) is 12.2 Å². The van der Waals surface area contributed by atoms with Crippen molar-refractivity contribution < 1.29 is 57.1 Å². The Hall–Kier alpha value is -6.22. The monoisotopic (exact) mass is 768 g/mol. The molecule has 56 heavy (non-hydrogen) atoms.